The van der Waals surface area contributed by atoms with Gasteiger partial charge >= 0.3 is 6.18 Å². The van der Waals surface area contributed by atoms with Crippen LogP contribution in [0.4, 0.5) is 13.2 Å². The molecule has 0 aliphatic rings. The number of rotatable bonds is 1. The molecule has 1 heterocycles. The lowest BCUT2D eigenvalue weighted by atomic mass is 10.3. The van der Waals surface area contributed by atoms with Crippen LogP contribution in [0, 0.1) is 6.92 Å². The molecule has 0 bridgehead atoms. The van der Waals surface area contributed by atoms with E-state index in [-0.39, 0.29) is 12.2 Å². The summed E-state index contributed by atoms with van der Waals surface area (Å²) >= 11 is 0. The molecule has 6 heteroatoms. The third-order valence-electron chi connectivity index (χ3n) is 1.90. The van der Waals surface area contributed by atoms with Crippen LogP contribution in [0.3, 0.4) is 0 Å². The van der Waals surface area contributed by atoms with E-state index >= 15 is 0 Å². The van der Waals surface area contributed by atoms with Crippen LogP contribution in [0.5, 0.6) is 0 Å². The molecule has 0 radical (unpaired) electrons. The van der Waals surface area contributed by atoms with Crippen LogP contribution in [0.2, 0.25) is 0 Å². The summed E-state index contributed by atoms with van der Waals surface area (Å²) < 4.78 is 38.2. The Morgan fingerprint density at radius 3 is 2.31 bits per heavy atom. The molecule has 0 spiro atoms. The number of hydrogen-bond donors (Lipinski definition) is 1. The summed E-state index contributed by atoms with van der Waals surface area (Å²) in [6.07, 6.45) is -4.42. The molecule has 0 fully saturated rings. The van der Waals surface area contributed by atoms with Gasteiger partial charge in [-0.05, 0) is 6.92 Å². The number of hydrogen-bond acceptors (Lipinski definition) is 2. The van der Waals surface area contributed by atoms with Crippen molar-refractivity contribution in [3.05, 3.63) is 17.2 Å². The summed E-state index contributed by atoms with van der Waals surface area (Å²) in [7, 11) is 1.51. The van der Waals surface area contributed by atoms with Crippen LogP contribution in [-0.4, -0.2) is 9.55 Å². The van der Waals surface area contributed by atoms with E-state index in [1.807, 2.05) is 0 Å². The minimum atomic E-state index is -4.42. The molecule has 2 N–H and O–H groups in total. The van der Waals surface area contributed by atoms with E-state index in [1.54, 1.807) is 0 Å². The second-order valence-electron chi connectivity index (χ2n) is 2.72. The molecule has 13 heavy (non-hydrogen) atoms. The Bertz CT molecular complexity index is 314. The number of nitrogens with two attached hydrogens (primary N) is 1. The van der Waals surface area contributed by atoms with E-state index in [0.29, 0.717) is 5.82 Å². The Balaban J connectivity index is 3.30. The molecule has 3 nitrogen and oxygen atoms in total. The molecule has 1 rings (SSSR count). The fourth-order valence-corrected chi connectivity index (χ4v) is 1.12. The van der Waals surface area contributed by atoms with Crippen molar-refractivity contribution < 1.29 is 13.2 Å². The third kappa shape index (κ3) is 1.67. The number of imidazole rings is 1. The average molecular weight is 193 g/mol. The first-order valence-corrected chi connectivity index (χ1v) is 3.67. The second-order valence-corrected chi connectivity index (χ2v) is 2.72. The first kappa shape index (κ1) is 10.0. The molecule has 0 amide bonds. The summed E-state index contributed by atoms with van der Waals surface area (Å²) in [6.45, 7) is 1.35. The number of halogens is 3. The maximum Gasteiger partial charge on any atom is 0.435 e. The maximum atomic E-state index is 12.3. The number of nitrogens with zero attached hydrogens (tertiary/aromatic N) is 2. The van der Waals surface area contributed by atoms with Gasteiger partial charge in [-0.2, -0.15) is 13.2 Å². The smallest absolute Gasteiger partial charge is 0.334 e. The Hall–Kier alpha value is -1.04. The highest BCUT2D eigenvalue weighted by molar-refractivity contribution is 5.19. The molecule has 0 saturated carbocycles. The van der Waals surface area contributed by atoms with Crippen LogP contribution >= 0.6 is 0 Å². The van der Waals surface area contributed by atoms with Crippen molar-refractivity contribution in [1.82, 2.24) is 9.55 Å². The largest absolute Gasteiger partial charge is 0.435 e. The quantitative estimate of drug-likeness (QED) is 0.728. The second kappa shape index (κ2) is 3.02. The fraction of sp³-hybridized carbons (Fsp3) is 0.571. The van der Waals surface area contributed by atoms with Gasteiger partial charge < -0.3 is 10.3 Å². The van der Waals surface area contributed by atoms with Gasteiger partial charge in [0.2, 0.25) is 0 Å². The lowest BCUT2D eigenvalue weighted by molar-refractivity contribution is -0.141. The van der Waals surface area contributed by atoms with Crippen LogP contribution < -0.4 is 5.73 Å². The maximum absolute atomic E-state index is 12.3. The number of aryl methyl sites for hydroxylation is 1. The van der Waals surface area contributed by atoms with Gasteiger partial charge in [0.05, 0.1) is 5.69 Å². The average Bonchev–Trinajstić information content (AvgIpc) is 2.28. The molecule has 0 aliphatic heterocycles. The minimum Gasteiger partial charge on any atom is -0.334 e. The van der Waals surface area contributed by atoms with Crippen molar-refractivity contribution in [2.24, 2.45) is 12.8 Å². The molecule has 1 aromatic heterocycles. The highest BCUT2D eigenvalue weighted by Gasteiger charge is 2.37. The monoisotopic (exact) mass is 193 g/mol. The molecule has 0 atom stereocenters. The third-order valence-corrected chi connectivity index (χ3v) is 1.90. The van der Waals surface area contributed by atoms with Crippen molar-refractivity contribution in [1.29, 1.82) is 0 Å². The molecular weight excluding hydrogens is 183 g/mol. The van der Waals surface area contributed by atoms with E-state index in [4.69, 9.17) is 5.73 Å². The van der Waals surface area contributed by atoms with Gasteiger partial charge in [-0.15, -0.1) is 0 Å². The van der Waals surface area contributed by atoms with Crippen molar-refractivity contribution in [3.63, 3.8) is 0 Å². The molecule has 1 aromatic rings. The van der Waals surface area contributed by atoms with E-state index in [9.17, 15) is 13.2 Å². The molecule has 0 saturated heterocycles. The summed E-state index contributed by atoms with van der Waals surface area (Å²) in [5.74, 6) is 0.313. The number of aromatic nitrogens is 2. The van der Waals surface area contributed by atoms with Gasteiger partial charge in [-0.3, -0.25) is 0 Å². The van der Waals surface area contributed by atoms with Crippen molar-refractivity contribution in [3.8, 4) is 0 Å². The Labute approximate surface area is 73.4 Å². The van der Waals surface area contributed by atoms with Crippen LogP contribution in [0.15, 0.2) is 0 Å². The van der Waals surface area contributed by atoms with Crippen molar-refractivity contribution >= 4 is 0 Å². The topological polar surface area (TPSA) is 43.8 Å². The molecule has 0 unspecified atom stereocenters. The minimum absolute atomic E-state index is 0.0185. The zero-order valence-electron chi connectivity index (χ0n) is 7.31. The van der Waals surface area contributed by atoms with Crippen LogP contribution in [-0.2, 0) is 19.8 Å². The molecule has 0 aliphatic carbocycles. The molecule has 74 valence electrons. The fourth-order valence-electron chi connectivity index (χ4n) is 1.12. The van der Waals surface area contributed by atoms with E-state index < -0.39 is 11.9 Å². The Morgan fingerprint density at radius 2 is 2.00 bits per heavy atom. The van der Waals surface area contributed by atoms with Gasteiger partial charge in [0.25, 0.3) is 0 Å². The van der Waals surface area contributed by atoms with Gasteiger partial charge in [0.15, 0.2) is 5.69 Å². The predicted octanol–water partition coefficient (Wildman–Crippen LogP) is 1.21. The normalized spacial score (nSPS) is 12.2. The first-order valence-electron chi connectivity index (χ1n) is 3.67. The SMILES string of the molecule is Cc1nc(C(F)(F)F)c(CN)n1C. The summed E-state index contributed by atoms with van der Waals surface area (Å²) in [5, 5.41) is 0. The lowest BCUT2D eigenvalue weighted by Gasteiger charge is -2.05. The zero-order chi connectivity index (χ0) is 10.2. The summed E-state index contributed by atoms with van der Waals surface area (Å²) in [6, 6.07) is 0. The van der Waals surface area contributed by atoms with E-state index in [2.05, 4.69) is 4.98 Å². The highest BCUT2D eigenvalue weighted by Crippen LogP contribution is 2.31. The number of alkyl halides is 3. The van der Waals surface area contributed by atoms with Gasteiger partial charge in [-0.1, -0.05) is 0 Å². The van der Waals surface area contributed by atoms with Gasteiger partial charge in [-0.25, -0.2) is 4.98 Å². The standard InChI is InChI=1S/C7H10F3N3/c1-4-12-6(7(8,9)10)5(3-11)13(4)2/h3,11H2,1-2H3. The summed E-state index contributed by atoms with van der Waals surface area (Å²) in [4.78, 5) is 3.41. The van der Waals surface area contributed by atoms with Gasteiger partial charge in [0.1, 0.15) is 5.82 Å². The molecule has 0 aromatic carbocycles. The van der Waals surface area contributed by atoms with Crippen molar-refractivity contribution in [2.45, 2.75) is 19.6 Å². The van der Waals surface area contributed by atoms with Crippen LogP contribution in [0.1, 0.15) is 17.2 Å². The molecular formula is C7H10F3N3. The highest BCUT2D eigenvalue weighted by atomic mass is 19.4. The van der Waals surface area contributed by atoms with E-state index in [0.717, 1.165) is 0 Å². The van der Waals surface area contributed by atoms with Crippen molar-refractivity contribution in [2.75, 3.05) is 0 Å². The first-order chi connectivity index (χ1) is 5.88. The van der Waals surface area contributed by atoms with Gasteiger partial charge in [0, 0.05) is 13.6 Å². The Morgan fingerprint density at radius 1 is 1.46 bits per heavy atom. The Kier molecular flexibility index (Phi) is 2.34. The lowest BCUT2D eigenvalue weighted by Crippen LogP contribution is -2.13. The van der Waals surface area contributed by atoms with Crippen LogP contribution in [0.25, 0.3) is 0 Å². The van der Waals surface area contributed by atoms with E-state index in [1.165, 1.54) is 18.5 Å². The predicted molar refractivity (Wildman–Crippen MR) is 40.8 cm³/mol. The zero-order valence-corrected chi connectivity index (χ0v) is 7.31. The summed E-state index contributed by atoms with van der Waals surface area (Å²) in [5.41, 5.74) is 4.34.